The predicted molar refractivity (Wildman–Crippen MR) is 88.9 cm³/mol. The van der Waals surface area contributed by atoms with Crippen LogP contribution in [0.3, 0.4) is 0 Å². The minimum atomic E-state index is -3.93. The van der Waals surface area contributed by atoms with Crippen molar-refractivity contribution in [3.05, 3.63) is 32.8 Å². The molecule has 1 fully saturated rings. The molecule has 10 heteroatoms. The molecule has 1 heterocycles. The number of sulfonamides is 1. The maximum atomic E-state index is 12.4. The first-order chi connectivity index (χ1) is 9.79. The summed E-state index contributed by atoms with van der Waals surface area (Å²) in [5.41, 5.74) is -0.423. The number of nitro benzene ring substituents is 1. The Morgan fingerprint density at radius 2 is 2.14 bits per heavy atom. The van der Waals surface area contributed by atoms with Crippen LogP contribution >= 0.6 is 28.3 Å². The Hall–Kier alpha value is -0.740. The molecule has 2 atom stereocenters. The van der Waals surface area contributed by atoms with Crippen LogP contribution in [-0.2, 0) is 10.0 Å². The topological polar surface area (TPSA) is 101 Å². The Morgan fingerprint density at radius 1 is 1.45 bits per heavy atom. The number of piperidine rings is 1. The van der Waals surface area contributed by atoms with Crippen molar-refractivity contribution in [1.82, 2.24) is 10.0 Å². The number of benzene rings is 1. The second kappa shape index (κ2) is 7.69. The van der Waals surface area contributed by atoms with Crippen LogP contribution in [0.25, 0.3) is 0 Å². The van der Waals surface area contributed by atoms with Gasteiger partial charge in [-0.25, -0.2) is 13.1 Å². The van der Waals surface area contributed by atoms with Crippen LogP contribution in [0, 0.1) is 10.1 Å². The van der Waals surface area contributed by atoms with Gasteiger partial charge in [-0.3, -0.25) is 10.1 Å². The Labute approximate surface area is 143 Å². The molecular weight excluding hydrogens is 398 g/mol. The van der Waals surface area contributed by atoms with Gasteiger partial charge < -0.3 is 5.32 Å². The lowest BCUT2D eigenvalue weighted by Gasteiger charge is -2.28. The van der Waals surface area contributed by atoms with Crippen LogP contribution in [0.1, 0.15) is 19.8 Å². The number of nitro groups is 1. The summed E-state index contributed by atoms with van der Waals surface area (Å²) in [6.07, 6.45) is 1.31. The fourth-order valence-electron chi connectivity index (χ4n) is 2.38. The van der Waals surface area contributed by atoms with Crippen molar-refractivity contribution < 1.29 is 13.3 Å². The summed E-state index contributed by atoms with van der Waals surface area (Å²) in [6, 6.07) is 3.88. The van der Waals surface area contributed by atoms with E-state index in [4.69, 9.17) is 0 Å². The monoisotopic (exact) mass is 413 g/mol. The number of hydrogen-bond acceptors (Lipinski definition) is 5. The van der Waals surface area contributed by atoms with E-state index in [1.54, 1.807) is 0 Å². The van der Waals surface area contributed by atoms with E-state index in [2.05, 4.69) is 26.0 Å². The van der Waals surface area contributed by atoms with Gasteiger partial charge in [0.1, 0.15) is 0 Å². The summed E-state index contributed by atoms with van der Waals surface area (Å²) in [5.74, 6) is 0. The number of rotatable bonds is 4. The van der Waals surface area contributed by atoms with E-state index in [9.17, 15) is 18.5 Å². The fourth-order valence-corrected chi connectivity index (χ4v) is 4.37. The van der Waals surface area contributed by atoms with Gasteiger partial charge in [-0.1, -0.05) is 15.9 Å². The largest absolute Gasteiger partial charge is 0.314 e. The Kier molecular flexibility index (Phi) is 6.75. The molecule has 1 aromatic rings. The van der Waals surface area contributed by atoms with Gasteiger partial charge in [-0.15, -0.1) is 12.4 Å². The molecule has 0 aliphatic carbocycles. The number of nitrogens with one attached hydrogen (secondary N) is 2. The molecule has 0 saturated carbocycles. The Balaban J connectivity index is 0.00000242. The third-order valence-electron chi connectivity index (χ3n) is 3.35. The molecule has 22 heavy (non-hydrogen) atoms. The second-order valence-electron chi connectivity index (χ2n) is 5.07. The summed E-state index contributed by atoms with van der Waals surface area (Å²) in [5, 5.41) is 14.2. The summed E-state index contributed by atoms with van der Waals surface area (Å²) < 4.78 is 27.9. The van der Waals surface area contributed by atoms with Crippen LogP contribution in [0.4, 0.5) is 5.69 Å². The smallest absolute Gasteiger partial charge is 0.289 e. The van der Waals surface area contributed by atoms with Gasteiger partial charge in [0.2, 0.25) is 10.0 Å². The summed E-state index contributed by atoms with van der Waals surface area (Å²) >= 11 is 3.15. The van der Waals surface area contributed by atoms with E-state index in [1.165, 1.54) is 18.2 Å². The highest BCUT2D eigenvalue weighted by molar-refractivity contribution is 9.10. The molecule has 0 bridgehead atoms. The van der Waals surface area contributed by atoms with Gasteiger partial charge in [0.15, 0.2) is 4.90 Å². The van der Waals surface area contributed by atoms with Crippen molar-refractivity contribution in [2.24, 2.45) is 0 Å². The zero-order chi connectivity index (χ0) is 15.6. The van der Waals surface area contributed by atoms with Crippen LogP contribution in [0.5, 0.6) is 0 Å². The van der Waals surface area contributed by atoms with Crippen molar-refractivity contribution in [3.8, 4) is 0 Å². The molecule has 0 spiro atoms. The number of nitrogens with zero attached hydrogens (tertiary/aromatic N) is 1. The predicted octanol–water partition coefficient (Wildman–Crippen LogP) is 2.20. The third kappa shape index (κ3) is 4.63. The maximum Gasteiger partial charge on any atom is 0.289 e. The summed E-state index contributed by atoms with van der Waals surface area (Å²) in [4.78, 5) is 10.0. The average Bonchev–Trinajstić information content (AvgIpc) is 2.37. The third-order valence-corrected chi connectivity index (χ3v) is 5.40. The fraction of sp³-hybridized carbons (Fsp3) is 0.500. The number of hydrogen-bond donors (Lipinski definition) is 2. The average molecular weight is 415 g/mol. The highest BCUT2D eigenvalue weighted by Crippen LogP contribution is 2.27. The molecule has 2 N–H and O–H groups in total. The molecule has 0 aromatic heterocycles. The van der Waals surface area contributed by atoms with E-state index in [-0.39, 0.29) is 29.4 Å². The Morgan fingerprint density at radius 3 is 2.73 bits per heavy atom. The standard InChI is InChI=1S/C12H16BrN3O4S.ClH/c1-8-6-10(4-5-14-8)15-21(19,20)12-7-9(13)2-3-11(12)16(17)18;/h2-3,7-8,10,14-15H,4-6H2,1H3;1H. The number of halogens is 2. The highest BCUT2D eigenvalue weighted by Gasteiger charge is 2.30. The molecule has 1 aromatic carbocycles. The van der Waals surface area contributed by atoms with Crippen LogP contribution < -0.4 is 10.0 Å². The van der Waals surface area contributed by atoms with Crippen molar-refractivity contribution in [2.75, 3.05) is 6.54 Å². The highest BCUT2D eigenvalue weighted by atomic mass is 79.9. The SMILES string of the molecule is CC1CC(NS(=O)(=O)c2cc(Br)ccc2[N+](=O)[O-])CCN1.Cl. The summed E-state index contributed by atoms with van der Waals surface area (Å²) in [7, 11) is -3.93. The maximum absolute atomic E-state index is 12.4. The first-order valence-electron chi connectivity index (χ1n) is 6.49. The van der Waals surface area contributed by atoms with E-state index in [0.717, 1.165) is 6.54 Å². The van der Waals surface area contributed by atoms with Crippen LogP contribution in [0.2, 0.25) is 0 Å². The molecular formula is C12H17BrClN3O4S. The van der Waals surface area contributed by atoms with E-state index in [1.807, 2.05) is 6.92 Å². The molecule has 2 rings (SSSR count). The molecule has 0 radical (unpaired) electrons. The zero-order valence-electron chi connectivity index (χ0n) is 11.8. The van der Waals surface area contributed by atoms with Gasteiger partial charge in [-0.2, -0.15) is 0 Å². The lowest BCUT2D eigenvalue weighted by Crippen LogP contribution is -2.46. The van der Waals surface area contributed by atoms with E-state index >= 15 is 0 Å². The van der Waals surface area contributed by atoms with Gasteiger partial charge in [0.25, 0.3) is 5.69 Å². The van der Waals surface area contributed by atoms with Crippen molar-refractivity contribution in [2.45, 2.75) is 36.7 Å². The van der Waals surface area contributed by atoms with E-state index < -0.39 is 20.6 Å². The summed E-state index contributed by atoms with van der Waals surface area (Å²) in [6.45, 7) is 2.69. The molecule has 124 valence electrons. The molecule has 1 aliphatic heterocycles. The lowest BCUT2D eigenvalue weighted by atomic mass is 10.0. The van der Waals surface area contributed by atoms with E-state index in [0.29, 0.717) is 17.3 Å². The first kappa shape index (κ1) is 19.3. The molecule has 1 aliphatic rings. The molecule has 7 nitrogen and oxygen atoms in total. The van der Waals surface area contributed by atoms with Gasteiger partial charge in [-0.05, 0) is 38.4 Å². The Bertz CT molecular complexity index is 656. The van der Waals surface area contributed by atoms with Crippen molar-refractivity contribution in [1.29, 1.82) is 0 Å². The second-order valence-corrected chi connectivity index (χ2v) is 7.66. The zero-order valence-corrected chi connectivity index (χ0v) is 15.0. The van der Waals surface area contributed by atoms with Crippen molar-refractivity contribution >= 4 is 44.0 Å². The van der Waals surface area contributed by atoms with Gasteiger partial charge >= 0.3 is 0 Å². The first-order valence-corrected chi connectivity index (χ1v) is 8.77. The quantitative estimate of drug-likeness (QED) is 0.581. The molecule has 0 amide bonds. The van der Waals surface area contributed by atoms with Crippen LogP contribution in [-0.4, -0.2) is 32.0 Å². The molecule has 1 saturated heterocycles. The van der Waals surface area contributed by atoms with Crippen LogP contribution in [0.15, 0.2) is 27.6 Å². The van der Waals surface area contributed by atoms with Gasteiger partial charge in [0.05, 0.1) is 4.92 Å². The van der Waals surface area contributed by atoms with Crippen molar-refractivity contribution in [3.63, 3.8) is 0 Å². The minimum absolute atomic E-state index is 0. The lowest BCUT2D eigenvalue weighted by molar-refractivity contribution is -0.387. The normalized spacial score (nSPS) is 21.9. The minimum Gasteiger partial charge on any atom is -0.314 e. The molecule has 2 unspecified atom stereocenters. The van der Waals surface area contributed by atoms with Gasteiger partial charge in [0, 0.05) is 22.6 Å².